The van der Waals surface area contributed by atoms with Gasteiger partial charge in [-0.1, -0.05) is 47.5 Å². The normalized spacial score (nSPS) is 18.4. The van der Waals surface area contributed by atoms with Crippen LogP contribution in [0.5, 0.6) is 0 Å². The van der Waals surface area contributed by atoms with Crippen LogP contribution in [0.15, 0.2) is 42.5 Å². The fraction of sp³-hybridized carbons (Fsp3) is 0.409. The van der Waals surface area contributed by atoms with Gasteiger partial charge in [0.15, 0.2) is 0 Å². The number of aryl methyl sites for hydroxylation is 1. The van der Waals surface area contributed by atoms with E-state index >= 15 is 0 Å². The largest absolute Gasteiger partial charge is 0.351 e. The first-order valence-electron chi connectivity index (χ1n) is 9.61. The summed E-state index contributed by atoms with van der Waals surface area (Å²) >= 11 is 11.9. The van der Waals surface area contributed by atoms with Gasteiger partial charge in [0.25, 0.3) is 5.91 Å². The van der Waals surface area contributed by atoms with Crippen molar-refractivity contribution in [3.8, 4) is 0 Å². The zero-order chi connectivity index (χ0) is 18.9. The molecule has 4 rings (SSSR count). The fourth-order valence-corrected chi connectivity index (χ4v) is 5.13. The van der Waals surface area contributed by atoms with E-state index in [1.807, 2.05) is 0 Å². The topological polar surface area (TPSA) is 32.3 Å². The lowest BCUT2D eigenvalue weighted by molar-refractivity contribution is 0.0941. The summed E-state index contributed by atoms with van der Waals surface area (Å²) in [5.74, 6) is -0.127. The molecule has 1 spiro atoms. The molecule has 5 heteroatoms. The number of likely N-dealkylation sites (tertiary alicyclic amines) is 1. The van der Waals surface area contributed by atoms with E-state index in [2.05, 4.69) is 34.5 Å². The Balaban J connectivity index is 1.27. The first kappa shape index (κ1) is 18.8. The third-order valence-electron chi connectivity index (χ3n) is 6.11. The van der Waals surface area contributed by atoms with E-state index in [-0.39, 0.29) is 5.91 Å². The summed E-state index contributed by atoms with van der Waals surface area (Å²) < 4.78 is 0. The van der Waals surface area contributed by atoms with Crippen molar-refractivity contribution in [3.05, 3.63) is 69.2 Å². The SMILES string of the molecule is O=C(NCCN1CCC2(CCc3ccccc32)CC1)c1cc(Cl)cc(Cl)c1. The Morgan fingerprint density at radius 1 is 1.04 bits per heavy atom. The van der Waals surface area contributed by atoms with Crippen LogP contribution in [0.2, 0.25) is 10.0 Å². The molecular weight excluding hydrogens is 379 g/mol. The van der Waals surface area contributed by atoms with Gasteiger partial charge in [-0.05, 0) is 73.5 Å². The number of hydrogen-bond donors (Lipinski definition) is 1. The van der Waals surface area contributed by atoms with Crippen LogP contribution in [-0.4, -0.2) is 37.0 Å². The summed E-state index contributed by atoms with van der Waals surface area (Å²) in [7, 11) is 0. The van der Waals surface area contributed by atoms with Crippen molar-refractivity contribution >= 4 is 29.1 Å². The molecule has 0 atom stereocenters. The molecule has 1 saturated heterocycles. The molecule has 0 unspecified atom stereocenters. The predicted octanol–water partition coefficient (Wildman–Crippen LogP) is 4.70. The molecule has 0 radical (unpaired) electrons. The van der Waals surface area contributed by atoms with Gasteiger partial charge in [0.1, 0.15) is 0 Å². The highest BCUT2D eigenvalue weighted by Gasteiger charge is 2.40. The average Bonchev–Trinajstić information content (AvgIpc) is 3.01. The summed E-state index contributed by atoms with van der Waals surface area (Å²) in [5.41, 5.74) is 4.01. The van der Waals surface area contributed by atoms with Crippen LogP contribution in [-0.2, 0) is 11.8 Å². The minimum atomic E-state index is -0.127. The molecular formula is C22H24Cl2N2O. The van der Waals surface area contributed by atoms with Gasteiger partial charge in [-0.2, -0.15) is 0 Å². The molecule has 3 nitrogen and oxygen atoms in total. The Bertz CT molecular complexity index is 824. The second kappa shape index (κ2) is 7.83. The Labute approximate surface area is 170 Å². The van der Waals surface area contributed by atoms with Gasteiger partial charge < -0.3 is 10.2 Å². The summed E-state index contributed by atoms with van der Waals surface area (Å²) in [6, 6.07) is 13.9. The third-order valence-corrected chi connectivity index (χ3v) is 6.55. The van der Waals surface area contributed by atoms with E-state index < -0.39 is 0 Å². The quantitative estimate of drug-likeness (QED) is 0.803. The number of hydrogen-bond acceptors (Lipinski definition) is 2. The monoisotopic (exact) mass is 402 g/mol. The number of nitrogens with one attached hydrogen (secondary N) is 1. The van der Waals surface area contributed by atoms with Crippen molar-refractivity contribution in [2.75, 3.05) is 26.2 Å². The number of nitrogens with zero attached hydrogens (tertiary/aromatic N) is 1. The number of piperidine rings is 1. The highest BCUT2D eigenvalue weighted by atomic mass is 35.5. The van der Waals surface area contributed by atoms with E-state index in [0.717, 1.165) is 19.6 Å². The average molecular weight is 403 g/mol. The number of rotatable bonds is 4. The minimum absolute atomic E-state index is 0.127. The second-order valence-corrected chi connectivity index (χ2v) is 8.57. The molecule has 1 aliphatic carbocycles. The van der Waals surface area contributed by atoms with Crippen molar-refractivity contribution in [2.45, 2.75) is 31.1 Å². The highest BCUT2D eigenvalue weighted by Crippen LogP contribution is 2.45. The van der Waals surface area contributed by atoms with Gasteiger partial charge in [0, 0.05) is 28.7 Å². The molecule has 0 aromatic heterocycles. The van der Waals surface area contributed by atoms with Gasteiger partial charge in [-0.15, -0.1) is 0 Å². The summed E-state index contributed by atoms with van der Waals surface area (Å²) in [6.45, 7) is 3.69. The molecule has 1 N–H and O–H groups in total. The smallest absolute Gasteiger partial charge is 0.251 e. The Morgan fingerprint density at radius 3 is 2.48 bits per heavy atom. The van der Waals surface area contributed by atoms with Crippen LogP contribution in [0.3, 0.4) is 0 Å². The number of amides is 1. The molecule has 0 saturated carbocycles. The second-order valence-electron chi connectivity index (χ2n) is 7.69. The van der Waals surface area contributed by atoms with Crippen molar-refractivity contribution in [3.63, 3.8) is 0 Å². The number of carbonyl (C=O) groups excluding carboxylic acids is 1. The molecule has 0 bridgehead atoms. The van der Waals surface area contributed by atoms with Crippen LogP contribution in [0.1, 0.15) is 40.7 Å². The number of benzene rings is 2. The van der Waals surface area contributed by atoms with Crippen LogP contribution < -0.4 is 5.32 Å². The van der Waals surface area contributed by atoms with E-state index in [4.69, 9.17) is 23.2 Å². The maximum absolute atomic E-state index is 12.3. The first-order chi connectivity index (χ1) is 13.1. The third kappa shape index (κ3) is 4.01. The molecule has 1 amide bonds. The van der Waals surface area contributed by atoms with Crippen LogP contribution in [0.25, 0.3) is 0 Å². The predicted molar refractivity (Wildman–Crippen MR) is 111 cm³/mol. The van der Waals surface area contributed by atoms with Gasteiger partial charge in [0.05, 0.1) is 0 Å². The Hall–Kier alpha value is -1.55. The molecule has 1 fully saturated rings. The van der Waals surface area contributed by atoms with E-state index in [1.165, 1.54) is 25.7 Å². The summed E-state index contributed by atoms with van der Waals surface area (Å²) in [5, 5.41) is 3.93. The lowest BCUT2D eigenvalue weighted by Gasteiger charge is -2.40. The fourth-order valence-electron chi connectivity index (χ4n) is 4.60. The van der Waals surface area contributed by atoms with Crippen molar-refractivity contribution in [1.29, 1.82) is 0 Å². The molecule has 2 aromatic rings. The molecule has 2 aromatic carbocycles. The van der Waals surface area contributed by atoms with E-state index in [1.54, 1.807) is 29.3 Å². The summed E-state index contributed by atoms with van der Waals surface area (Å²) in [6.07, 6.45) is 4.92. The van der Waals surface area contributed by atoms with Crippen LogP contribution in [0, 0.1) is 0 Å². The molecule has 142 valence electrons. The standard InChI is InChI=1S/C22H24Cl2N2O/c23-18-13-17(14-19(24)15-18)21(27)25-9-12-26-10-7-22(8-11-26)6-5-16-3-1-2-4-20(16)22/h1-4,13-15H,5-12H2,(H,25,27). The molecule has 2 aliphatic rings. The van der Waals surface area contributed by atoms with Gasteiger partial charge in [0.2, 0.25) is 0 Å². The van der Waals surface area contributed by atoms with Crippen LogP contribution in [0.4, 0.5) is 0 Å². The van der Waals surface area contributed by atoms with Crippen molar-refractivity contribution in [1.82, 2.24) is 10.2 Å². The lowest BCUT2D eigenvalue weighted by atomic mass is 9.74. The number of fused-ring (bicyclic) bond motifs is 2. The molecule has 1 heterocycles. The number of halogens is 2. The van der Waals surface area contributed by atoms with Gasteiger partial charge in [-0.3, -0.25) is 4.79 Å². The van der Waals surface area contributed by atoms with E-state index in [9.17, 15) is 4.79 Å². The maximum Gasteiger partial charge on any atom is 0.251 e. The maximum atomic E-state index is 12.3. The van der Waals surface area contributed by atoms with Crippen molar-refractivity contribution in [2.24, 2.45) is 0 Å². The van der Waals surface area contributed by atoms with E-state index in [0.29, 0.717) is 27.6 Å². The zero-order valence-electron chi connectivity index (χ0n) is 15.3. The minimum Gasteiger partial charge on any atom is -0.351 e. The lowest BCUT2D eigenvalue weighted by Crippen LogP contribution is -2.44. The first-order valence-corrected chi connectivity index (χ1v) is 10.4. The number of carbonyl (C=O) groups is 1. The van der Waals surface area contributed by atoms with Gasteiger partial charge in [-0.25, -0.2) is 0 Å². The van der Waals surface area contributed by atoms with Crippen LogP contribution >= 0.6 is 23.2 Å². The Morgan fingerprint density at radius 2 is 1.74 bits per heavy atom. The molecule has 1 aliphatic heterocycles. The highest BCUT2D eigenvalue weighted by molar-refractivity contribution is 6.35. The van der Waals surface area contributed by atoms with Gasteiger partial charge >= 0.3 is 0 Å². The Kier molecular flexibility index (Phi) is 5.45. The summed E-state index contributed by atoms with van der Waals surface area (Å²) in [4.78, 5) is 14.7. The van der Waals surface area contributed by atoms with Crippen molar-refractivity contribution < 1.29 is 4.79 Å². The molecule has 27 heavy (non-hydrogen) atoms. The zero-order valence-corrected chi connectivity index (χ0v) is 16.8.